The Morgan fingerprint density at radius 3 is 2.77 bits per heavy atom. The van der Waals surface area contributed by atoms with E-state index < -0.39 is 15.9 Å². The lowest BCUT2D eigenvalue weighted by Gasteiger charge is -2.26. The van der Waals surface area contributed by atoms with E-state index in [1.54, 1.807) is 6.07 Å². The number of benzene rings is 1. The number of amides is 2. The molecule has 1 fully saturated rings. The van der Waals surface area contributed by atoms with E-state index in [1.807, 2.05) is 0 Å². The van der Waals surface area contributed by atoms with Crippen LogP contribution in [-0.4, -0.2) is 49.2 Å². The predicted molar refractivity (Wildman–Crippen MR) is 114 cm³/mol. The summed E-state index contributed by atoms with van der Waals surface area (Å²) >= 11 is 1.50. The number of anilines is 1. The van der Waals surface area contributed by atoms with Crippen LogP contribution in [0.25, 0.3) is 0 Å². The molecular weight excluding hydrogens is 424 g/mol. The Kier molecular flexibility index (Phi) is 6.16. The Balaban J connectivity index is 1.51. The van der Waals surface area contributed by atoms with E-state index in [0.717, 1.165) is 35.7 Å². The smallest absolute Gasteiger partial charge is 0.257 e. The molecule has 2 aliphatic rings. The van der Waals surface area contributed by atoms with E-state index in [2.05, 4.69) is 15.6 Å². The third kappa shape index (κ3) is 4.55. The minimum absolute atomic E-state index is 0.00346. The Morgan fingerprint density at radius 1 is 1.17 bits per heavy atom. The Labute approximate surface area is 179 Å². The van der Waals surface area contributed by atoms with Gasteiger partial charge < -0.3 is 5.32 Å². The van der Waals surface area contributed by atoms with Crippen LogP contribution in [0.2, 0.25) is 0 Å². The third-order valence-corrected chi connectivity index (χ3v) is 8.22. The van der Waals surface area contributed by atoms with Gasteiger partial charge in [0.25, 0.3) is 5.91 Å². The molecule has 0 unspecified atom stereocenters. The standard InChI is InChI=1S/C20H24N4O4S2/c25-18-13-24(11-10-21-18)30(27,28)15-7-5-6-14(12-15)19(26)23-20-22-16-8-3-1-2-4-9-17(16)29-20/h5-7,12H,1-4,8-11,13H2,(H,21,25)(H,22,23,26). The van der Waals surface area contributed by atoms with Gasteiger partial charge in [0.15, 0.2) is 5.13 Å². The van der Waals surface area contributed by atoms with E-state index in [-0.39, 0.29) is 36.0 Å². The van der Waals surface area contributed by atoms with Gasteiger partial charge in [0, 0.05) is 23.5 Å². The number of rotatable bonds is 4. The molecular formula is C20H24N4O4S2. The number of sulfonamides is 1. The monoisotopic (exact) mass is 448 g/mol. The van der Waals surface area contributed by atoms with Crippen molar-refractivity contribution in [3.63, 3.8) is 0 Å². The Bertz CT molecular complexity index is 1040. The van der Waals surface area contributed by atoms with Crippen LogP contribution in [-0.2, 0) is 27.7 Å². The maximum absolute atomic E-state index is 12.9. The summed E-state index contributed by atoms with van der Waals surface area (Å²) in [5.74, 6) is -0.733. The number of piperazine rings is 1. The minimum atomic E-state index is -3.85. The average molecular weight is 449 g/mol. The van der Waals surface area contributed by atoms with E-state index in [1.165, 1.54) is 47.3 Å². The van der Waals surface area contributed by atoms with Crippen LogP contribution in [0.5, 0.6) is 0 Å². The summed E-state index contributed by atoms with van der Waals surface area (Å²) in [4.78, 5) is 30.1. The van der Waals surface area contributed by atoms with E-state index in [9.17, 15) is 18.0 Å². The van der Waals surface area contributed by atoms with E-state index in [4.69, 9.17) is 0 Å². The molecule has 160 valence electrons. The summed E-state index contributed by atoms with van der Waals surface area (Å²) in [6.07, 6.45) is 6.59. The second-order valence-corrected chi connectivity index (χ2v) is 10.5. The molecule has 4 rings (SSSR count). The number of thiazole rings is 1. The highest BCUT2D eigenvalue weighted by Gasteiger charge is 2.29. The van der Waals surface area contributed by atoms with Crippen molar-refractivity contribution in [3.05, 3.63) is 40.4 Å². The molecule has 1 aromatic carbocycles. The molecule has 8 nitrogen and oxygen atoms in total. The second-order valence-electron chi connectivity index (χ2n) is 7.47. The van der Waals surface area contributed by atoms with Crippen LogP contribution in [0, 0.1) is 0 Å². The predicted octanol–water partition coefficient (Wildman–Crippen LogP) is 2.17. The molecule has 2 heterocycles. The van der Waals surface area contributed by atoms with E-state index >= 15 is 0 Å². The van der Waals surface area contributed by atoms with Crippen molar-refractivity contribution >= 4 is 38.3 Å². The van der Waals surface area contributed by atoms with Gasteiger partial charge in [-0.2, -0.15) is 4.31 Å². The van der Waals surface area contributed by atoms with Gasteiger partial charge in [0.2, 0.25) is 15.9 Å². The lowest BCUT2D eigenvalue weighted by Crippen LogP contribution is -2.49. The molecule has 2 N–H and O–H groups in total. The fraction of sp³-hybridized carbons (Fsp3) is 0.450. The van der Waals surface area contributed by atoms with Crippen molar-refractivity contribution in [1.82, 2.24) is 14.6 Å². The number of carbonyl (C=O) groups excluding carboxylic acids is 2. The Hall–Kier alpha value is -2.30. The van der Waals surface area contributed by atoms with Crippen molar-refractivity contribution in [2.45, 2.75) is 43.4 Å². The summed E-state index contributed by atoms with van der Waals surface area (Å²) in [6.45, 7) is 0.256. The van der Waals surface area contributed by atoms with Crippen molar-refractivity contribution in [2.24, 2.45) is 0 Å². The molecule has 10 heteroatoms. The number of hydrogen-bond acceptors (Lipinski definition) is 6. The van der Waals surface area contributed by atoms with Gasteiger partial charge in [-0.05, 0) is 43.9 Å². The Morgan fingerprint density at radius 2 is 1.97 bits per heavy atom. The van der Waals surface area contributed by atoms with Crippen LogP contribution in [0.15, 0.2) is 29.2 Å². The fourth-order valence-electron chi connectivity index (χ4n) is 3.70. The minimum Gasteiger partial charge on any atom is -0.354 e. The van der Waals surface area contributed by atoms with Crippen molar-refractivity contribution < 1.29 is 18.0 Å². The van der Waals surface area contributed by atoms with Crippen molar-refractivity contribution in [3.8, 4) is 0 Å². The highest BCUT2D eigenvalue weighted by atomic mass is 32.2. The second kappa shape index (κ2) is 8.83. The number of aryl methyl sites for hydroxylation is 2. The van der Waals surface area contributed by atoms with Gasteiger partial charge in [-0.3, -0.25) is 14.9 Å². The first kappa shape index (κ1) is 21.0. The molecule has 0 bridgehead atoms. The van der Waals surface area contributed by atoms with Gasteiger partial charge in [-0.15, -0.1) is 11.3 Å². The zero-order chi connectivity index (χ0) is 21.1. The fourth-order valence-corrected chi connectivity index (χ4v) is 6.18. The van der Waals surface area contributed by atoms with Gasteiger partial charge >= 0.3 is 0 Å². The summed E-state index contributed by atoms with van der Waals surface area (Å²) in [6, 6.07) is 5.89. The maximum atomic E-state index is 12.9. The van der Waals surface area contributed by atoms with Crippen LogP contribution in [0.3, 0.4) is 0 Å². The first-order valence-corrected chi connectivity index (χ1v) is 12.4. The van der Waals surface area contributed by atoms with E-state index in [0.29, 0.717) is 5.13 Å². The highest BCUT2D eigenvalue weighted by molar-refractivity contribution is 7.89. The SMILES string of the molecule is O=C1CN(S(=O)(=O)c2cccc(C(=O)Nc3nc4c(s3)CCCCCC4)c2)CCN1. The maximum Gasteiger partial charge on any atom is 0.257 e. The normalized spacial score (nSPS) is 18.1. The number of carbonyl (C=O) groups is 2. The van der Waals surface area contributed by atoms with Gasteiger partial charge in [0.1, 0.15) is 0 Å². The molecule has 2 amide bonds. The molecule has 30 heavy (non-hydrogen) atoms. The van der Waals surface area contributed by atoms with Crippen molar-refractivity contribution in [1.29, 1.82) is 0 Å². The quantitative estimate of drug-likeness (QED) is 0.745. The summed E-state index contributed by atoms with van der Waals surface area (Å²) in [5, 5.41) is 5.97. The van der Waals surface area contributed by atoms with Crippen molar-refractivity contribution in [2.75, 3.05) is 25.0 Å². The molecule has 2 aromatic rings. The number of nitrogens with one attached hydrogen (secondary N) is 2. The molecule has 1 aliphatic carbocycles. The summed E-state index contributed by atoms with van der Waals surface area (Å²) < 4.78 is 26.9. The van der Waals surface area contributed by atoms with Crippen LogP contribution in [0.1, 0.15) is 46.6 Å². The molecule has 1 aromatic heterocycles. The molecule has 1 saturated heterocycles. The molecule has 0 saturated carbocycles. The van der Waals surface area contributed by atoms with Gasteiger partial charge in [-0.25, -0.2) is 13.4 Å². The topological polar surface area (TPSA) is 108 Å². The van der Waals surface area contributed by atoms with Crippen LogP contribution >= 0.6 is 11.3 Å². The summed E-state index contributed by atoms with van der Waals surface area (Å²) in [5.41, 5.74) is 1.30. The highest BCUT2D eigenvalue weighted by Crippen LogP contribution is 2.29. The number of nitrogens with zero attached hydrogens (tertiary/aromatic N) is 2. The van der Waals surface area contributed by atoms with Crippen LogP contribution < -0.4 is 10.6 Å². The van der Waals surface area contributed by atoms with Gasteiger partial charge in [0.05, 0.1) is 17.1 Å². The average Bonchev–Trinajstić information content (AvgIpc) is 3.08. The molecule has 0 atom stereocenters. The van der Waals surface area contributed by atoms with Crippen LogP contribution in [0.4, 0.5) is 5.13 Å². The third-order valence-electron chi connectivity index (χ3n) is 5.30. The summed E-state index contributed by atoms with van der Waals surface area (Å²) in [7, 11) is -3.85. The molecule has 1 aliphatic heterocycles. The number of aromatic nitrogens is 1. The molecule has 0 radical (unpaired) electrons. The first-order chi connectivity index (χ1) is 14.4. The molecule has 0 spiro atoms. The number of hydrogen-bond donors (Lipinski definition) is 2. The largest absolute Gasteiger partial charge is 0.354 e. The van der Waals surface area contributed by atoms with Gasteiger partial charge in [-0.1, -0.05) is 18.9 Å². The first-order valence-electron chi connectivity index (χ1n) is 10.1. The number of fused-ring (bicyclic) bond motifs is 1. The zero-order valence-electron chi connectivity index (χ0n) is 16.5. The lowest BCUT2D eigenvalue weighted by molar-refractivity contribution is -0.122. The zero-order valence-corrected chi connectivity index (χ0v) is 18.2. The lowest BCUT2D eigenvalue weighted by atomic mass is 10.0.